The molecular formula is C24H29N3O4. The number of likely N-dealkylation sites (tertiary alicyclic amines) is 1. The number of aliphatic hydroxyl groups excluding tert-OH is 1. The summed E-state index contributed by atoms with van der Waals surface area (Å²) in [7, 11) is 5.40. The highest BCUT2D eigenvalue weighted by Crippen LogP contribution is 2.39. The Morgan fingerprint density at radius 1 is 1.23 bits per heavy atom. The normalized spacial score (nSPS) is 18.3. The first-order chi connectivity index (χ1) is 14.8. The number of carbonyl (C=O) groups is 2. The first-order valence-corrected chi connectivity index (χ1v) is 10.3. The number of benzene rings is 1. The molecule has 1 aliphatic heterocycles. The lowest BCUT2D eigenvalue weighted by atomic mass is 9.94. The zero-order chi connectivity index (χ0) is 22.7. The molecule has 2 aromatic rings. The van der Waals surface area contributed by atoms with Gasteiger partial charge >= 0.3 is 0 Å². The topological polar surface area (TPSA) is 83.0 Å². The molecule has 1 N–H and O–H groups in total. The molecule has 164 valence electrons. The summed E-state index contributed by atoms with van der Waals surface area (Å²) >= 11 is 0. The minimum absolute atomic E-state index is 0.0577. The Kier molecular flexibility index (Phi) is 6.75. The number of hydrogen-bond donors (Lipinski definition) is 1. The van der Waals surface area contributed by atoms with Crippen LogP contribution in [-0.4, -0.2) is 65.9 Å². The second-order valence-electron chi connectivity index (χ2n) is 8.16. The van der Waals surface area contributed by atoms with E-state index < -0.39 is 17.7 Å². The number of likely N-dealkylation sites (N-methyl/N-ethyl adjacent to an activating group) is 1. The maximum atomic E-state index is 13.0. The molecule has 7 nitrogen and oxygen atoms in total. The van der Waals surface area contributed by atoms with Crippen LogP contribution in [0.4, 0.5) is 0 Å². The summed E-state index contributed by atoms with van der Waals surface area (Å²) in [5.41, 5.74) is 1.97. The fourth-order valence-corrected chi connectivity index (χ4v) is 3.75. The maximum Gasteiger partial charge on any atom is 0.295 e. The van der Waals surface area contributed by atoms with Gasteiger partial charge < -0.3 is 19.6 Å². The molecular weight excluding hydrogens is 394 g/mol. The van der Waals surface area contributed by atoms with Crippen LogP contribution in [-0.2, 0) is 9.59 Å². The van der Waals surface area contributed by atoms with E-state index in [1.165, 1.54) is 4.90 Å². The summed E-state index contributed by atoms with van der Waals surface area (Å²) in [6.07, 6.45) is 1.62. The van der Waals surface area contributed by atoms with Gasteiger partial charge in [-0.15, -0.1) is 0 Å². The molecule has 31 heavy (non-hydrogen) atoms. The molecule has 7 heteroatoms. The lowest BCUT2D eigenvalue weighted by Gasteiger charge is -2.25. The summed E-state index contributed by atoms with van der Waals surface area (Å²) in [5.74, 6) is -0.674. The Morgan fingerprint density at radius 3 is 2.55 bits per heavy atom. The number of Topliss-reactive ketones (excluding diaryl/α,β-unsaturated/α-hetero) is 1. The van der Waals surface area contributed by atoms with E-state index in [0.717, 1.165) is 5.56 Å². The fraction of sp³-hybridized carbons (Fsp3) is 0.375. The lowest BCUT2D eigenvalue weighted by Crippen LogP contribution is -2.35. The smallest absolute Gasteiger partial charge is 0.295 e. The first kappa shape index (κ1) is 22.5. The van der Waals surface area contributed by atoms with Gasteiger partial charge in [0.2, 0.25) is 0 Å². The highest BCUT2D eigenvalue weighted by molar-refractivity contribution is 6.46. The zero-order valence-electron chi connectivity index (χ0n) is 18.6. The van der Waals surface area contributed by atoms with Crippen LogP contribution in [0.3, 0.4) is 0 Å². The largest absolute Gasteiger partial charge is 0.507 e. The third kappa shape index (κ3) is 4.46. The summed E-state index contributed by atoms with van der Waals surface area (Å²) < 4.78 is 5.43. The number of ketones is 1. The summed E-state index contributed by atoms with van der Waals surface area (Å²) in [6.45, 7) is 4.97. The monoisotopic (exact) mass is 423 g/mol. The summed E-state index contributed by atoms with van der Waals surface area (Å²) in [6, 6.07) is 9.87. The molecule has 1 unspecified atom stereocenters. The van der Waals surface area contributed by atoms with Crippen molar-refractivity contribution in [3.8, 4) is 5.75 Å². The minimum atomic E-state index is -0.745. The van der Waals surface area contributed by atoms with Crippen molar-refractivity contribution in [3.63, 3.8) is 0 Å². The Balaban J connectivity index is 2.16. The molecule has 2 heterocycles. The number of pyridine rings is 1. The molecule has 0 spiro atoms. The van der Waals surface area contributed by atoms with E-state index in [1.54, 1.807) is 43.6 Å². The van der Waals surface area contributed by atoms with Gasteiger partial charge in [-0.1, -0.05) is 19.9 Å². The van der Waals surface area contributed by atoms with Crippen LogP contribution in [0.15, 0.2) is 48.2 Å². The van der Waals surface area contributed by atoms with Crippen molar-refractivity contribution in [2.24, 2.45) is 0 Å². The van der Waals surface area contributed by atoms with E-state index in [-0.39, 0.29) is 17.3 Å². The molecule has 0 bridgehead atoms. The molecule has 1 aromatic carbocycles. The Hall–Kier alpha value is -3.19. The van der Waals surface area contributed by atoms with Crippen LogP contribution in [0.1, 0.15) is 42.6 Å². The van der Waals surface area contributed by atoms with Crippen molar-refractivity contribution >= 4 is 17.4 Å². The zero-order valence-corrected chi connectivity index (χ0v) is 18.6. The number of nitrogens with zero attached hydrogens (tertiary/aromatic N) is 3. The molecule has 1 aromatic heterocycles. The van der Waals surface area contributed by atoms with Crippen molar-refractivity contribution in [3.05, 3.63) is 65.0 Å². The predicted octanol–water partition coefficient (Wildman–Crippen LogP) is 3.20. The Morgan fingerprint density at radius 2 is 1.97 bits per heavy atom. The highest BCUT2D eigenvalue weighted by Gasteiger charge is 2.46. The second kappa shape index (κ2) is 9.31. The van der Waals surface area contributed by atoms with E-state index >= 15 is 0 Å². The van der Waals surface area contributed by atoms with E-state index in [4.69, 9.17) is 4.74 Å². The first-order valence-electron chi connectivity index (χ1n) is 10.3. The van der Waals surface area contributed by atoms with Crippen molar-refractivity contribution in [2.75, 3.05) is 34.3 Å². The fourth-order valence-electron chi connectivity index (χ4n) is 3.75. The number of rotatable bonds is 7. The molecule has 1 aliphatic rings. The number of hydrogen-bond acceptors (Lipinski definition) is 6. The van der Waals surface area contributed by atoms with Gasteiger partial charge in [-0.25, -0.2) is 0 Å². The molecule has 1 saturated heterocycles. The number of ether oxygens (including phenoxy) is 1. The molecule has 1 atom stereocenters. The summed E-state index contributed by atoms with van der Waals surface area (Å²) in [5, 5.41) is 11.2. The highest BCUT2D eigenvalue weighted by atomic mass is 16.5. The average Bonchev–Trinajstić information content (AvgIpc) is 3.02. The molecule has 0 aliphatic carbocycles. The van der Waals surface area contributed by atoms with Crippen molar-refractivity contribution in [1.29, 1.82) is 0 Å². The molecule has 0 radical (unpaired) electrons. The van der Waals surface area contributed by atoms with Crippen LogP contribution >= 0.6 is 0 Å². The quantitative estimate of drug-likeness (QED) is 0.418. The van der Waals surface area contributed by atoms with Gasteiger partial charge in [0.15, 0.2) is 0 Å². The van der Waals surface area contributed by atoms with Crippen LogP contribution in [0, 0.1) is 0 Å². The number of carbonyl (C=O) groups excluding carboxylic acids is 2. The minimum Gasteiger partial charge on any atom is -0.507 e. The third-order valence-corrected chi connectivity index (χ3v) is 5.42. The molecule has 1 fully saturated rings. The van der Waals surface area contributed by atoms with Crippen molar-refractivity contribution in [1.82, 2.24) is 14.8 Å². The van der Waals surface area contributed by atoms with E-state index in [9.17, 15) is 14.7 Å². The Bertz CT molecular complexity index is 999. The van der Waals surface area contributed by atoms with E-state index in [1.807, 2.05) is 38.9 Å². The summed E-state index contributed by atoms with van der Waals surface area (Å²) in [4.78, 5) is 33.7. The van der Waals surface area contributed by atoms with Gasteiger partial charge in [-0.05, 0) is 55.9 Å². The number of amides is 1. The molecule has 0 saturated carbocycles. The maximum absolute atomic E-state index is 13.0. The number of methoxy groups -OCH3 is 1. The van der Waals surface area contributed by atoms with Gasteiger partial charge in [0.05, 0.1) is 18.4 Å². The van der Waals surface area contributed by atoms with Crippen LogP contribution in [0.2, 0.25) is 0 Å². The van der Waals surface area contributed by atoms with Gasteiger partial charge in [0, 0.05) is 24.8 Å². The van der Waals surface area contributed by atoms with Crippen LogP contribution < -0.4 is 4.74 Å². The van der Waals surface area contributed by atoms with E-state index in [2.05, 4.69) is 4.98 Å². The average molecular weight is 424 g/mol. The second-order valence-corrected chi connectivity index (χ2v) is 8.16. The van der Waals surface area contributed by atoms with Gasteiger partial charge in [0.25, 0.3) is 11.7 Å². The number of aliphatic hydroxyl groups is 1. The SMILES string of the molecule is COc1ccc(/C(O)=C2/C(=O)C(=O)N(CCN(C)C)C2c2ccccn2)cc1C(C)C. The lowest BCUT2D eigenvalue weighted by molar-refractivity contribution is -0.140. The number of aromatic nitrogens is 1. The van der Waals surface area contributed by atoms with Gasteiger partial charge in [-0.3, -0.25) is 14.6 Å². The molecule has 3 rings (SSSR count). The standard InChI is InChI=1S/C24H29N3O4/c1-15(2)17-14-16(9-10-19(17)31-5)22(28)20-21(18-8-6-7-11-25-18)27(13-12-26(3)4)24(30)23(20)29/h6-11,14-15,21,28H,12-13H2,1-5H3/b22-20-. The van der Waals surface area contributed by atoms with Gasteiger partial charge in [-0.2, -0.15) is 0 Å². The van der Waals surface area contributed by atoms with Gasteiger partial charge in [0.1, 0.15) is 17.6 Å². The van der Waals surface area contributed by atoms with E-state index in [0.29, 0.717) is 30.1 Å². The van der Waals surface area contributed by atoms with Crippen molar-refractivity contribution in [2.45, 2.75) is 25.8 Å². The van der Waals surface area contributed by atoms with Crippen molar-refractivity contribution < 1.29 is 19.4 Å². The molecule has 1 amide bonds. The third-order valence-electron chi connectivity index (χ3n) is 5.42. The Labute approximate surface area is 183 Å². The van der Waals surface area contributed by atoms with Crippen LogP contribution in [0.25, 0.3) is 5.76 Å². The predicted molar refractivity (Wildman–Crippen MR) is 119 cm³/mol. The van der Waals surface area contributed by atoms with Crippen LogP contribution in [0.5, 0.6) is 5.75 Å².